The van der Waals surface area contributed by atoms with Crippen molar-refractivity contribution in [3.63, 3.8) is 0 Å². The van der Waals surface area contributed by atoms with Crippen molar-refractivity contribution in [1.29, 1.82) is 0 Å². The number of fused-ring (bicyclic) bond motifs is 1. The van der Waals surface area contributed by atoms with Gasteiger partial charge in [-0.25, -0.2) is 0 Å². The van der Waals surface area contributed by atoms with Crippen LogP contribution >= 0.6 is 11.8 Å². The molecule has 0 aliphatic rings. The molecule has 0 aliphatic carbocycles. The Bertz CT molecular complexity index is 976. The highest BCUT2D eigenvalue weighted by molar-refractivity contribution is 8.00. The number of aliphatic carboxylic acids is 1. The number of ether oxygens (including phenoxy) is 2. The van der Waals surface area contributed by atoms with Crippen LogP contribution in [0, 0.1) is 0 Å². The molecule has 0 radical (unpaired) electrons. The first-order valence-electron chi connectivity index (χ1n) is 8.89. The van der Waals surface area contributed by atoms with Gasteiger partial charge in [-0.15, -0.1) is 10.2 Å². The zero-order chi connectivity index (χ0) is 20.1. The first kappa shape index (κ1) is 19.9. The molecule has 1 atom stereocenters. The van der Waals surface area contributed by atoms with Crippen molar-refractivity contribution in [2.45, 2.75) is 36.5 Å². The quantitative estimate of drug-likeness (QED) is 0.503. The number of hydrogen-bond donors (Lipinski definition) is 0. The highest BCUT2D eigenvalue weighted by Gasteiger charge is 2.16. The van der Waals surface area contributed by atoms with Crippen LogP contribution < -0.4 is 14.6 Å². The summed E-state index contributed by atoms with van der Waals surface area (Å²) in [5, 5.41) is 24.2. The Labute approximate surface area is 166 Å². The summed E-state index contributed by atoms with van der Waals surface area (Å²) in [6, 6.07) is 8.92. The molecule has 0 N–H and O–H groups in total. The van der Waals surface area contributed by atoms with Gasteiger partial charge in [0.2, 0.25) is 0 Å². The van der Waals surface area contributed by atoms with Crippen molar-refractivity contribution in [1.82, 2.24) is 19.8 Å². The summed E-state index contributed by atoms with van der Waals surface area (Å²) < 4.78 is 12.2. The summed E-state index contributed by atoms with van der Waals surface area (Å²) in [4.78, 5) is 11.4. The molecule has 0 amide bonds. The van der Waals surface area contributed by atoms with Crippen molar-refractivity contribution in [3.8, 4) is 22.9 Å². The van der Waals surface area contributed by atoms with Gasteiger partial charge in [0.25, 0.3) is 0 Å². The van der Waals surface area contributed by atoms with E-state index in [1.807, 2.05) is 13.0 Å². The van der Waals surface area contributed by atoms with Crippen LogP contribution in [0.5, 0.6) is 11.5 Å². The molecule has 3 rings (SSSR count). The molecule has 9 heteroatoms. The third-order valence-corrected chi connectivity index (χ3v) is 5.40. The number of carboxylic acids is 1. The molecule has 2 aromatic heterocycles. The molecule has 0 unspecified atom stereocenters. The Hall–Kier alpha value is -2.81. The SMILES string of the molecule is CCCC[C@@H](Sc1ccc2nnc(-c3ccc(OC)c(OC)c3)n2n1)C(=O)[O-]. The number of carbonyl (C=O) groups is 1. The minimum Gasteiger partial charge on any atom is -0.549 e. The van der Waals surface area contributed by atoms with Gasteiger partial charge in [0.1, 0.15) is 5.03 Å². The lowest BCUT2D eigenvalue weighted by Gasteiger charge is -2.16. The minimum atomic E-state index is -1.08. The summed E-state index contributed by atoms with van der Waals surface area (Å²) in [5.41, 5.74) is 1.31. The van der Waals surface area contributed by atoms with Crippen LogP contribution in [0.25, 0.3) is 17.0 Å². The fraction of sp³-hybridized carbons (Fsp3) is 0.368. The zero-order valence-electron chi connectivity index (χ0n) is 15.9. The molecule has 1 aromatic carbocycles. The average molecular weight is 401 g/mol. The standard InChI is InChI=1S/C19H22N4O4S/c1-4-5-6-15(19(24)25)28-17-10-9-16-20-21-18(23(16)22-17)12-7-8-13(26-2)14(11-12)27-3/h7-11,15H,4-6H2,1-3H3,(H,24,25)/p-1/t15-/m1/s1. The number of rotatable bonds is 9. The second-order valence-corrected chi connectivity index (χ2v) is 7.33. The molecule has 28 heavy (non-hydrogen) atoms. The van der Waals surface area contributed by atoms with Crippen molar-refractivity contribution < 1.29 is 19.4 Å². The van der Waals surface area contributed by atoms with Crippen molar-refractivity contribution in [3.05, 3.63) is 30.3 Å². The topological polar surface area (TPSA) is 102 Å². The summed E-state index contributed by atoms with van der Waals surface area (Å²) in [6.45, 7) is 2.02. The maximum atomic E-state index is 11.4. The maximum Gasteiger partial charge on any atom is 0.185 e. The van der Waals surface area contributed by atoms with Gasteiger partial charge in [0, 0.05) is 5.56 Å². The second-order valence-electron chi connectivity index (χ2n) is 6.10. The predicted molar refractivity (Wildman–Crippen MR) is 103 cm³/mol. The van der Waals surface area contributed by atoms with E-state index in [0.717, 1.165) is 18.4 Å². The normalized spacial score (nSPS) is 12.1. The molecule has 0 saturated heterocycles. The van der Waals surface area contributed by atoms with Gasteiger partial charge in [-0.3, -0.25) is 0 Å². The van der Waals surface area contributed by atoms with Gasteiger partial charge in [0.15, 0.2) is 23.0 Å². The lowest BCUT2D eigenvalue weighted by atomic mass is 10.2. The van der Waals surface area contributed by atoms with Gasteiger partial charge in [-0.2, -0.15) is 9.61 Å². The lowest BCUT2D eigenvalue weighted by molar-refractivity contribution is -0.304. The second kappa shape index (κ2) is 8.92. The number of carbonyl (C=O) groups excluding carboxylic acids is 1. The van der Waals surface area contributed by atoms with E-state index < -0.39 is 11.2 Å². The van der Waals surface area contributed by atoms with Gasteiger partial charge < -0.3 is 19.4 Å². The molecule has 148 valence electrons. The summed E-state index contributed by atoms with van der Waals surface area (Å²) in [6.07, 6.45) is 2.27. The number of nitrogens with zero attached hydrogens (tertiary/aromatic N) is 4. The molecule has 0 saturated carbocycles. The van der Waals surface area contributed by atoms with Crippen molar-refractivity contribution in [2.24, 2.45) is 0 Å². The summed E-state index contributed by atoms with van der Waals surface area (Å²) in [7, 11) is 3.13. The van der Waals surface area contributed by atoms with Crippen LogP contribution in [-0.4, -0.2) is 45.3 Å². The third-order valence-electron chi connectivity index (χ3n) is 4.23. The van der Waals surface area contributed by atoms with E-state index in [1.165, 1.54) is 11.8 Å². The Morgan fingerprint density at radius 2 is 1.96 bits per heavy atom. The van der Waals surface area contributed by atoms with Gasteiger partial charge in [0.05, 0.1) is 25.4 Å². The fourth-order valence-electron chi connectivity index (χ4n) is 2.75. The molecule has 0 bridgehead atoms. The van der Waals surface area contributed by atoms with Crippen LogP contribution in [0.15, 0.2) is 35.4 Å². The molecular formula is C19H21N4O4S-. The van der Waals surface area contributed by atoms with Crippen molar-refractivity contribution >= 4 is 23.4 Å². The summed E-state index contributed by atoms with van der Waals surface area (Å²) >= 11 is 1.18. The van der Waals surface area contributed by atoms with E-state index in [9.17, 15) is 9.90 Å². The number of aromatic nitrogens is 4. The van der Waals surface area contributed by atoms with Gasteiger partial charge >= 0.3 is 0 Å². The first-order chi connectivity index (χ1) is 13.6. The smallest absolute Gasteiger partial charge is 0.185 e. The molecule has 0 fully saturated rings. The van der Waals surface area contributed by atoms with E-state index in [-0.39, 0.29) is 0 Å². The monoisotopic (exact) mass is 401 g/mol. The van der Waals surface area contributed by atoms with E-state index in [2.05, 4.69) is 15.3 Å². The average Bonchev–Trinajstić information content (AvgIpc) is 3.13. The maximum absolute atomic E-state index is 11.4. The Morgan fingerprint density at radius 1 is 1.18 bits per heavy atom. The van der Waals surface area contributed by atoms with E-state index >= 15 is 0 Å². The number of benzene rings is 1. The molecular weight excluding hydrogens is 380 g/mol. The van der Waals surface area contributed by atoms with Gasteiger partial charge in [-0.1, -0.05) is 31.5 Å². The fourth-order valence-corrected chi connectivity index (χ4v) is 3.70. The minimum absolute atomic E-state index is 0.525. The first-order valence-corrected chi connectivity index (χ1v) is 9.77. The highest BCUT2D eigenvalue weighted by atomic mass is 32.2. The Morgan fingerprint density at radius 3 is 2.64 bits per heavy atom. The lowest BCUT2D eigenvalue weighted by Crippen LogP contribution is -2.33. The predicted octanol–water partition coefficient (Wildman–Crippen LogP) is 2.21. The number of carboxylic acid groups (broad SMARTS) is 1. The molecule has 3 aromatic rings. The molecule has 2 heterocycles. The number of hydrogen-bond acceptors (Lipinski definition) is 8. The summed E-state index contributed by atoms with van der Waals surface area (Å²) in [5.74, 6) is 0.622. The van der Waals surface area contributed by atoms with Crippen LogP contribution in [0.2, 0.25) is 0 Å². The largest absolute Gasteiger partial charge is 0.549 e. The van der Waals surface area contributed by atoms with E-state index in [4.69, 9.17) is 9.47 Å². The van der Waals surface area contributed by atoms with E-state index in [0.29, 0.717) is 34.4 Å². The van der Waals surface area contributed by atoms with Crippen LogP contribution in [0.1, 0.15) is 26.2 Å². The number of methoxy groups -OCH3 is 2. The molecule has 0 aliphatic heterocycles. The number of thioether (sulfide) groups is 1. The zero-order valence-corrected chi connectivity index (χ0v) is 16.7. The van der Waals surface area contributed by atoms with Crippen molar-refractivity contribution in [2.75, 3.05) is 14.2 Å². The molecule has 8 nitrogen and oxygen atoms in total. The highest BCUT2D eigenvalue weighted by Crippen LogP contribution is 2.32. The van der Waals surface area contributed by atoms with Gasteiger partial charge in [-0.05, 0) is 36.8 Å². The van der Waals surface area contributed by atoms with E-state index in [1.54, 1.807) is 43.0 Å². The Balaban J connectivity index is 1.95. The number of unbranched alkanes of at least 4 members (excludes halogenated alkanes) is 1. The molecule has 0 spiro atoms. The third kappa shape index (κ3) is 4.19. The van der Waals surface area contributed by atoms with Crippen LogP contribution in [-0.2, 0) is 4.79 Å². The van der Waals surface area contributed by atoms with Crippen LogP contribution in [0.4, 0.5) is 0 Å². The Kier molecular flexibility index (Phi) is 6.35. The van der Waals surface area contributed by atoms with Crippen LogP contribution in [0.3, 0.4) is 0 Å².